The SMILES string of the molecule is C=CCNC(=S)N/N=C\c1ccc(OCc2ccc(Cl)c(Cl)c2)c(OCC)c1. The third-order valence-electron chi connectivity index (χ3n) is 3.43. The number of rotatable bonds is 9. The molecule has 0 heterocycles. The Morgan fingerprint density at radius 2 is 1.96 bits per heavy atom. The van der Waals surface area contributed by atoms with E-state index in [1.807, 2.05) is 31.2 Å². The first-order valence-corrected chi connectivity index (χ1v) is 9.71. The molecule has 2 rings (SSSR count). The third kappa shape index (κ3) is 7.03. The molecule has 0 aliphatic carbocycles. The summed E-state index contributed by atoms with van der Waals surface area (Å²) in [5.74, 6) is 1.25. The van der Waals surface area contributed by atoms with E-state index in [1.165, 1.54) is 0 Å². The van der Waals surface area contributed by atoms with Crippen molar-refractivity contribution in [2.45, 2.75) is 13.5 Å². The van der Waals surface area contributed by atoms with Crippen molar-refractivity contribution in [3.05, 3.63) is 70.2 Å². The quantitative estimate of drug-likeness (QED) is 0.251. The van der Waals surface area contributed by atoms with Crippen molar-refractivity contribution in [1.82, 2.24) is 10.7 Å². The minimum Gasteiger partial charge on any atom is -0.490 e. The summed E-state index contributed by atoms with van der Waals surface area (Å²) in [6, 6.07) is 10.9. The monoisotopic (exact) mass is 437 g/mol. The zero-order valence-electron chi connectivity index (χ0n) is 15.4. The molecule has 0 aliphatic heterocycles. The molecule has 2 N–H and O–H groups in total. The predicted octanol–water partition coefficient (Wildman–Crippen LogP) is 4.96. The summed E-state index contributed by atoms with van der Waals surface area (Å²) in [5, 5.41) is 8.45. The Bertz CT molecular complexity index is 859. The summed E-state index contributed by atoms with van der Waals surface area (Å²) in [4.78, 5) is 0. The molecule has 0 atom stereocenters. The van der Waals surface area contributed by atoms with Crippen LogP contribution in [0.25, 0.3) is 0 Å². The van der Waals surface area contributed by atoms with Gasteiger partial charge in [-0.15, -0.1) is 6.58 Å². The van der Waals surface area contributed by atoms with Gasteiger partial charge in [0.05, 0.1) is 22.9 Å². The zero-order chi connectivity index (χ0) is 20.4. The van der Waals surface area contributed by atoms with Crippen LogP contribution in [0.4, 0.5) is 0 Å². The minimum absolute atomic E-state index is 0.342. The smallest absolute Gasteiger partial charge is 0.187 e. The van der Waals surface area contributed by atoms with E-state index >= 15 is 0 Å². The molecule has 0 aromatic heterocycles. The first-order valence-electron chi connectivity index (χ1n) is 8.54. The van der Waals surface area contributed by atoms with Gasteiger partial charge in [-0.3, -0.25) is 5.43 Å². The van der Waals surface area contributed by atoms with E-state index in [4.69, 9.17) is 44.9 Å². The van der Waals surface area contributed by atoms with Gasteiger partial charge in [-0.05, 0) is 60.6 Å². The standard InChI is InChI=1S/C20H21Cl2N3O2S/c1-3-9-23-20(28)25-24-12-14-6-8-18(19(11-14)26-4-2)27-13-15-5-7-16(21)17(22)10-15/h3,5-8,10-12H,1,4,9,13H2,2H3,(H2,23,25,28)/b24-12-. The van der Waals surface area contributed by atoms with Gasteiger partial charge in [0.25, 0.3) is 0 Å². The van der Waals surface area contributed by atoms with Crippen LogP contribution in [0.3, 0.4) is 0 Å². The molecule has 0 radical (unpaired) electrons. The molecule has 0 unspecified atom stereocenters. The number of benzene rings is 2. The molecule has 0 fully saturated rings. The number of ether oxygens (including phenoxy) is 2. The Morgan fingerprint density at radius 3 is 2.68 bits per heavy atom. The minimum atomic E-state index is 0.342. The fourth-order valence-electron chi connectivity index (χ4n) is 2.15. The summed E-state index contributed by atoms with van der Waals surface area (Å²) in [6.45, 7) is 6.95. The lowest BCUT2D eigenvalue weighted by molar-refractivity contribution is 0.269. The molecular formula is C20H21Cl2N3O2S. The number of hydrazone groups is 1. The zero-order valence-corrected chi connectivity index (χ0v) is 17.7. The van der Waals surface area contributed by atoms with E-state index in [9.17, 15) is 0 Å². The van der Waals surface area contributed by atoms with E-state index in [-0.39, 0.29) is 0 Å². The van der Waals surface area contributed by atoms with E-state index in [2.05, 4.69) is 22.4 Å². The molecule has 0 saturated heterocycles. The fourth-order valence-corrected chi connectivity index (χ4v) is 2.61. The van der Waals surface area contributed by atoms with Crippen LogP contribution in [0.1, 0.15) is 18.1 Å². The highest BCUT2D eigenvalue weighted by molar-refractivity contribution is 7.80. The second kappa shape index (κ2) is 11.5. The second-order valence-corrected chi connectivity index (χ2v) is 6.77. The fraction of sp³-hybridized carbons (Fsp3) is 0.200. The number of hydrogen-bond donors (Lipinski definition) is 2. The van der Waals surface area contributed by atoms with Crippen molar-refractivity contribution < 1.29 is 9.47 Å². The summed E-state index contributed by atoms with van der Waals surface area (Å²) in [6.07, 6.45) is 3.36. The highest BCUT2D eigenvalue weighted by atomic mass is 35.5. The highest BCUT2D eigenvalue weighted by Crippen LogP contribution is 2.29. The average molecular weight is 438 g/mol. The van der Waals surface area contributed by atoms with E-state index < -0.39 is 0 Å². The molecule has 0 spiro atoms. The maximum absolute atomic E-state index is 6.04. The van der Waals surface area contributed by atoms with Crippen molar-refractivity contribution in [3.8, 4) is 11.5 Å². The Morgan fingerprint density at radius 1 is 1.14 bits per heavy atom. The lowest BCUT2D eigenvalue weighted by Gasteiger charge is -2.13. The Hall–Kier alpha value is -2.28. The van der Waals surface area contributed by atoms with Gasteiger partial charge in [0.1, 0.15) is 6.61 Å². The number of hydrogen-bond acceptors (Lipinski definition) is 4. The maximum atomic E-state index is 6.04. The molecule has 5 nitrogen and oxygen atoms in total. The van der Waals surface area contributed by atoms with Crippen molar-refractivity contribution in [2.75, 3.05) is 13.2 Å². The molecule has 0 bridgehead atoms. The third-order valence-corrected chi connectivity index (χ3v) is 4.41. The number of nitrogens with one attached hydrogen (secondary N) is 2. The van der Waals surface area contributed by atoms with Crippen LogP contribution in [0, 0.1) is 0 Å². The highest BCUT2D eigenvalue weighted by Gasteiger charge is 2.07. The topological polar surface area (TPSA) is 54.9 Å². The van der Waals surface area contributed by atoms with Crippen LogP contribution in [0.15, 0.2) is 54.2 Å². The molecule has 28 heavy (non-hydrogen) atoms. The van der Waals surface area contributed by atoms with Gasteiger partial charge < -0.3 is 14.8 Å². The van der Waals surface area contributed by atoms with Crippen LogP contribution in [0.2, 0.25) is 10.0 Å². The van der Waals surface area contributed by atoms with E-state index in [1.54, 1.807) is 24.4 Å². The van der Waals surface area contributed by atoms with Crippen LogP contribution in [-0.4, -0.2) is 24.5 Å². The summed E-state index contributed by atoms with van der Waals surface area (Å²) in [5.41, 5.74) is 4.48. The molecule has 148 valence electrons. The summed E-state index contributed by atoms with van der Waals surface area (Å²) >= 11 is 17.1. The number of halogens is 2. The molecule has 2 aromatic rings. The lowest BCUT2D eigenvalue weighted by atomic mass is 10.2. The second-order valence-electron chi connectivity index (χ2n) is 5.55. The molecule has 0 amide bonds. The number of thiocarbonyl (C=S) groups is 1. The van der Waals surface area contributed by atoms with Gasteiger partial charge in [0.15, 0.2) is 16.6 Å². The van der Waals surface area contributed by atoms with Crippen LogP contribution < -0.4 is 20.2 Å². The van der Waals surface area contributed by atoms with Crippen molar-refractivity contribution >= 4 is 46.7 Å². The molecule has 2 aromatic carbocycles. The van der Waals surface area contributed by atoms with E-state index in [0.29, 0.717) is 46.4 Å². The van der Waals surface area contributed by atoms with Gasteiger partial charge >= 0.3 is 0 Å². The largest absolute Gasteiger partial charge is 0.490 e. The normalized spacial score (nSPS) is 10.5. The predicted molar refractivity (Wildman–Crippen MR) is 120 cm³/mol. The van der Waals surface area contributed by atoms with Gasteiger partial charge in [-0.25, -0.2) is 0 Å². The van der Waals surface area contributed by atoms with Crippen molar-refractivity contribution in [2.24, 2.45) is 5.10 Å². The first kappa shape index (κ1) is 22.0. The lowest BCUT2D eigenvalue weighted by Crippen LogP contribution is -2.31. The van der Waals surface area contributed by atoms with Crippen LogP contribution in [-0.2, 0) is 6.61 Å². The van der Waals surface area contributed by atoms with Crippen molar-refractivity contribution in [3.63, 3.8) is 0 Å². The van der Waals surface area contributed by atoms with Crippen molar-refractivity contribution in [1.29, 1.82) is 0 Å². The molecule has 8 heteroatoms. The van der Waals surface area contributed by atoms with Crippen LogP contribution in [0.5, 0.6) is 11.5 Å². The molecule has 0 aliphatic rings. The molecular weight excluding hydrogens is 417 g/mol. The number of nitrogens with zero attached hydrogens (tertiary/aromatic N) is 1. The van der Waals surface area contributed by atoms with Crippen LogP contribution >= 0.6 is 35.4 Å². The molecule has 0 saturated carbocycles. The van der Waals surface area contributed by atoms with Gasteiger partial charge in [-0.2, -0.15) is 5.10 Å². The Kier molecular flexibility index (Phi) is 9.07. The summed E-state index contributed by atoms with van der Waals surface area (Å²) in [7, 11) is 0. The first-order chi connectivity index (χ1) is 13.5. The van der Waals surface area contributed by atoms with Gasteiger partial charge in [0, 0.05) is 6.54 Å². The Balaban J connectivity index is 2.03. The summed E-state index contributed by atoms with van der Waals surface area (Å²) < 4.78 is 11.6. The average Bonchev–Trinajstić information content (AvgIpc) is 2.68. The Labute approximate surface area is 180 Å². The van der Waals surface area contributed by atoms with Gasteiger partial charge in [0.2, 0.25) is 0 Å². The maximum Gasteiger partial charge on any atom is 0.187 e. The van der Waals surface area contributed by atoms with E-state index in [0.717, 1.165) is 11.1 Å². The van der Waals surface area contributed by atoms with Gasteiger partial charge in [-0.1, -0.05) is 35.3 Å².